The molecule has 2 nitrogen and oxygen atoms in total. The van der Waals surface area contributed by atoms with E-state index in [1.54, 1.807) is 12.2 Å². The highest BCUT2D eigenvalue weighted by atomic mass is 16.1. The predicted molar refractivity (Wildman–Crippen MR) is 72.0 cm³/mol. The lowest BCUT2D eigenvalue weighted by atomic mass is 10.00. The number of hydrogen-bond donors (Lipinski definition) is 0. The Kier molecular flexibility index (Phi) is 8.29. The van der Waals surface area contributed by atoms with Gasteiger partial charge in [-0.25, -0.2) is 0 Å². The molecule has 0 aromatic rings. The zero-order valence-corrected chi connectivity index (χ0v) is 11.5. The largest absolute Gasteiger partial charge is 0.300 e. The van der Waals surface area contributed by atoms with Crippen molar-refractivity contribution in [3.8, 4) is 0 Å². The van der Waals surface area contributed by atoms with Gasteiger partial charge in [-0.05, 0) is 52.7 Å². The van der Waals surface area contributed by atoms with E-state index in [-0.39, 0.29) is 5.78 Å². The molecule has 1 fully saturated rings. The lowest BCUT2D eigenvalue weighted by Crippen LogP contribution is -2.02. The van der Waals surface area contributed by atoms with Gasteiger partial charge >= 0.3 is 0 Å². The smallest absolute Gasteiger partial charge is 0.178 e. The molecule has 0 radical (unpaired) electrons. The second-order valence-electron chi connectivity index (χ2n) is 4.95. The summed E-state index contributed by atoms with van der Waals surface area (Å²) < 4.78 is 0. The van der Waals surface area contributed by atoms with Gasteiger partial charge in [-0.3, -0.25) is 9.59 Å². The zero-order valence-electron chi connectivity index (χ0n) is 11.5. The number of rotatable bonds is 2. The van der Waals surface area contributed by atoms with Crippen LogP contribution in [0.4, 0.5) is 0 Å². The van der Waals surface area contributed by atoms with Crippen molar-refractivity contribution in [3.05, 3.63) is 23.3 Å². The first kappa shape index (κ1) is 15.8. The molecule has 0 amide bonds. The molecule has 0 spiro atoms. The van der Waals surface area contributed by atoms with Crippen LogP contribution in [0.1, 0.15) is 59.8 Å². The van der Waals surface area contributed by atoms with Crippen LogP contribution in [0.5, 0.6) is 0 Å². The van der Waals surface area contributed by atoms with Crippen LogP contribution in [0.15, 0.2) is 23.3 Å². The van der Waals surface area contributed by atoms with E-state index in [1.807, 2.05) is 27.7 Å². The fraction of sp³-hybridized carbons (Fsp3) is 0.600. The van der Waals surface area contributed by atoms with Gasteiger partial charge in [0.2, 0.25) is 0 Å². The maximum absolute atomic E-state index is 10.9. The Balaban J connectivity index is 0.000000318. The van der Waals surface area contributed by atoms with Gasteiger partial charge in [0.25, 0.3) is 0 Å². The van der Waals surface area contributed by atoms with Crippen molar-refractivity contribution in [1.29, 1.82) is 0 Å². The van der Waals surface area contributed by atoms with E-state index in [4.69, 9.17) is 0 Å². The third kappa shape index (κ3) is 11.1. The molecule has 0 saturated heterocycles. The Bertz CT molecular complexity index is 286. The summed E-state index contributed by atoms with van der Waals surface area (Å²) in [6.07, 6.45) is 8.50. The lowest BCUT2D eigenvalue weighted by Gasteiger charge is -2.05. The highest BCUT2D eigenvalue weighted by molar-refractivity contribution is 5.99. The summed E-state index contributed by atoms with van der Waals surface area (Å²) in [5.41, 5.74) is 2.09. The Labute approximate surface area is 105 Å². The molecular weight excluding hydrogens is 212 g/mol. The van der Waals surface area contributed by atoms with Crippen LogP contribution < -0.4 is 0 Å². The number of Topliss-reactive ketones (excluding diaryl/α,β-unsaturated/α-hetero) is 1. The van der Waals surface area contributed by atoms with Crippen molar-refractivity contribution in [3.63, 3.8) is 0 Å². The summed E-state index contributed by atoms with van der Waals surface area (Å²) in [7, 11) is 0. The molecule has 0 N–H and O–H groups in total. The molecule has 96 valence electrons. The van der Waals surface area contributed by atoms with Crippen molar-refractivity contribution in [2.24, 2.45) is 0 Å². The van der Waals surface area contributed by atoms with E-state index in [0.29, 0.717) is 5.78 Å². The van der Waals surface area contributed by atoms with E-state index in [2.05, 4.69) is 0 Å². The molecule has 1 rings (SSSR count). The van der Waals surface area contributed by atoms with Gasteiger partial charge < -0.3 is 0 Å². The van der Waals surface area contributed by atoms with E-state index in [9.17, 15) is 9.59 Å². The standard InChI is InChI=1S/C9H14O.C6H10O/c1-7(2)5-9(10)6-8(3)4;7-6-4-2-1-3-5-6/h5-6H,1-4H3;1-5H2. The summed E-state index contributed by atoms with van der Waals surface area (Å²) in [4.78, 5) is 21.4. The van der Waals surface area contributed by atoms with Gasteiger partial charge in [-0.15, -0.1) is 0 Å². The molecule has 0 atom stereocenters. The number of allylic oxidation sites excluding steroid dienone is 4. The normalized spacial score (nSPS) is 14.2. The highest BCUT2D eigenvalue weighted by Gasteiger charge is 2.05. The molecular formula is C15H24O2. The number of ketones is 2. The average Bonchev–Trinajstić information content (AvgIpc) is 2.16. The van der Waals surface area contributed by atoms with Crippen molar-refractivity contribution >= 4 is 11.6 Å². The summed E-state index contributed by atoms with van der Waals surface area (Å²) in [5.74, 6) is 0.547. The highest BCUT2D eigenvalue weighted by Crippen LogP contribution is 2.12. The van der Waals surface area contributed by atoms with Gasteiger partial charge in [0.15, 0.2) is 5.78 Å². The molecule has 0 bridgehead atoms. The fourth-order valence-corrected chi connectivity index (χ4v) is 1.56. The summed E-state index contributed by atoms with van der Waals surface area (Å²) in [6, 6.07) is 0. The van der Waals surface area contributed by atoms with E-state index >= 15 is 0 Å². The third-order valence-corrected chi connectivity index (χ3v) is 2.27. The third-order valence-electron chi connectivity index (χ3n) is 2.27. The van der Waals surface area contributed by atoms with E-state index in [0.717, 1.165) is 36.8 Å². The Hall–Kier alpha value is -1.18. The minimum Gasteiger partial charge on any atom is -0.300 e. The second-order valence-corrected chi connectivity index (χ2v) is 4.95. The van der Waals surface area contributed by atoms with Crippen LogP contribution >= 0.6 is 0 Å². The minimum absolute atomic E-state index is 0.0833. The first-order valence-corrected chi connectivity index (χ1v) is 6.27. The van der Waals surface area contributed by atoms with Gasteiger partial charge in [0, 0.05) is 12.8 Å². The van der Waals surface area contributed by atoms with Crippen molar-refractivity contribution in [2.45, 2.75) is 59.8 Å². The average molecular weight is 236 g/mol. The summed E-state index contributed by atoms with van der Waals surface area (Å²) in [5, 5.41) is 0. The van der Waals surface area contributed by atoms with Crippen LogP contribution in [0.2, 0.25) is 0 Å². The Morgan fingerprint density at radius 1 is 0.882 bits per heavy atom. The molecule has 17 heavy (non-hydrogen) atoms. The van der Waals surface area contributed by atoms with Crippen LogP contribution in [-0.2, 0) is 9.59 Å². The Morgan fingerprint density at radius 3 is 1.53 bits per heavy atom. The molecule has 1 aliphatic carbocycles. The van der Waals surface area contributed by atoms with Crippen molar-refractivity contribution < 1.29 is 9.59 Å². The van der Waals surface area contributed by atoms with E-state index in [1.165, 1.54) is 6.42 Å². The number of carbonyl (C=O) groups excluding carboxylic acids is 2. The second kappa shape index (κ2) is 8.91. The van der Waals surface area contributed by atoms with Crippen LogP contribution in [-0.4, -0.2) is 11.6 Å². The van der Waals surface area contributed by atoms with Crippen LogP contribution in [0.25, 0.3) is 0 Å². The lowest BCUT2D eigenvalue weighted by molar-refractivity contribution is -0.120. The van der Waals surface area contributed by atoms with Crippen molar-refractivity contribution in [2.75, 3.05) is 0 Å². The summed E-state index contributed by atoms with van der Waals surface area (Å²) >= 11 is 0. The first-order chi connectivity index (χ1) is 7.91. The van der Waals surface area contributed by atoms with E-state index < -0.39 is 0 Å². The summed E-state index contributed by atoms with van der Waals surface area (Å²) in [6.45, 7) is 7.65. The first-order valence-electron chi connectivity index (χ1n) is 6.27. The monoisotopic (exact) mass is 236 g/mol. The topological polar surface area (TPSA) is 34.1 Å². The molecule has 0 aromatic heterocycles. The van der Waals surface area contributed by atoms with Gasteiger partial charge in [-0.2, -0.15) is 0 Å². The van der Waals surface area contributed by atoms with Gasteiger partial charge in [-0.1, -0.05) is 17.6 Å². The molecule has 1 aliphatic rings. The quantitative estimate of drug-likeness (QED) is 0.679. The Morgan fingerprint density at radius 2 is 1.29 bits per heavy atom. The zero-order chi connectivity index (χ0) is 13.3. The van der Waals surface area contributed by atoms with Crippen molar-refractivity contribution in [1.82, 2.24) is 0 Å². The van der Waals surface area contributed by atoms with Gasteiger partial charge in [0.1, 0.15) is 5.78 Å². The molecule has 1 saturated carbocycles. The van der Waals surface area contributed by atoms with Crippen LogP contribution in [0, 0.1) is 0 Å². The predicted octanol–water partition coefficient (Wildman–Crippen LogP) is 4.01. The van der Waals surface area contributed by atoms with Gasteiger partial charge in [0.05, 0.1) is 0 Å². The maximum Gasteiger partial charge on any atom is 0.178 e. The molecule has 0 heterocycles. The molecule has 0 aliphatic heterocycles. The maximum atomic E-state index is 10.9. The minimum atomic E-state index is 0.0833. The fourth-order valence-electron chi connectivity index (χ4n) is 1.56. The SMILES string of the molecule is CC(C)=CC(=O)C=C(C)C.O=C1CCCCC1. The van der Waals surface area contributed by atoms with Crippen LogP contribution in [0.3, 0.4) is 0 Å². The number of carbonyl (C=O) groups is 2. The number of hydrogen-bond acceptors (Lipinski definition) is 2. The molecule has 0 aromatic carbocycles. The molecule has 2 heteroatoms. The molecule has 0 unspecified atom stereocenters.